The van der Waals surface area contributed by atoms with Crippen LogP contribution in [-0.4, -0.2) is 44.4 Å². The summed E-state index contributed by atoms with van der Waals surface area (Å²) in [6.07, 6.45) is 5.78. The Hall–Kier alpha value is -0.980. The molecule has 0 aromatic heterocycles. The van der Waals surface area contributed by atoms with Crippen molar-refractivity contribution in [2.45, 2.75) is 91.3 Å². The molecule has 4 aliphatic rings. The largest absolute Gasteiger partial charge is 0.393 e. The highest BCUT2D eigenvalue weighted by Gasteiger charge is 2.68. The third-order valence-corrected chi connectivity index (χ3v) is 10.7. The van der Waals surface area contributed by atoms with Gasteiger partial charge >= 0.3 is 0 Å². The number of aliphatic hydroxyl groups excluding tert-OH is 1. The topological polar surface area (TPSA) is 91.7 Å². The number of hydrogen-bond donors (Lipinski definition) is 2. The van der Waals surface area contributed by atoms with Gasteiger partial charge in [-0.2, -0.15) is 0 Å². The summed E-state index contributed by atoms with van der Waals surface area (Å²) in [7, 11) is 0. The van der Waals surface area contributed by atoms with E-state index >= 15 is 0 Å². The average Bonchev–Trinajstić information content (AvgIpc) is 2.97. The van der Waals surface area contributed by atoms with Crippen LogP contribution in [0.2, 0.25) is 0 Å². The van der Waals surface area contributed by atoms with Crippen molar-refractivity contribution in [2.24, 2.45) is 34.0 Å². The van der Waals surface area contributed by atoms with E-state index in [0.717, 1.165) is 37.4 Å². The van der Waals surface area contributed by atoms with Gasteiger partial charge in [-0.05, 0) is 67.8 Å². The quantitative estimate of drug-likeness (QED) is 0.656. The molecule has 32 heavy (non-hydrogen) atoms. The van der Waals surface area contributed by atoms with E-state index in [1.807, 2.05) is 33.8 Å². The first kappa shape index (κ1) is 24.2. The number of fused-ring (bicyclic) bond motifs is 5. The maximum Gasteiger partial charge on any atom is 0.194 e. The van der Waals surface area contributed by atoms with Crippen LogP contribution in [0.5, 0.6) is 0 Å². The molecule has 5 nitrogen and oxygen atoms in total. The summed E-state index contributed by atoms with van der Waals surface area (Å²) in [5.74, 6) is 0.332. The average molecular weight is 463 g/mol. The molecule has 2 N–H and O–H groups in total. The highest BCUT2D eigenvalue weighted by Crippen LogP contribution is 2.67. The van der Waals surface area contributed by atoms with Crippen molar-refractivity contribution in [1.82, 2.24) is 0 Å². The van der Waals surface area contributed by atoms with Gasteiger partial charge in [-0.15, -0.1) is 0 Å². The normalized spacial score (nSPS) is 43.7. The number of thioether (sulfide) groups is 1. The van der Waals surface area contributed by atoms with Gasteiger partial charge in [-0.25, -0.2) is 0 Å². The van der Waals surface area contributed by atoms with E-state index < -0.39 is 22.5 Å². The highest BCUT2D eigenvalue weighted by atomic mass is 32.2. The zero-order valence-corrected chi connectivity index (χ0v) is 20.9. The van der Waals surface area contributed by atoms with E-state index in [2.05, 4.69) is 6.92 Å². The van der Waals surface area contributed by atoms with Crippen LogP contribution in [0.1, 0.15) is 79.6 Å². The van der Waals surface area contributed by atoms with Crippen LogP contribution < -0.4 is 0 Å². The zero-order valence-electron chi connectivity index (χ0n) is 20.1. The lowest BCUT2D eigenvalue weighted by atomic mass is 9.45. The Morgan fingerprint density at radius 1 is 1.16 bits per heavy atom. The molecule has 6 heteroatoms. The van der Waals surface area contributed by atoms with Crippen molar-refractivity contribution in [3.63, 3.8) is 0 Å². The summed E-state index contributed by atoms with van der Waals surface area (Å²) in [4.78, 5) is 37.7. The van der Waals surface area contributed by atoms with E-state index in [4.69, 9.17) is 0 Å². The van der Waals surface area contributed by atoms with E-state index in [0.29, 0.717) is 19.3 Å². The Kier molecular flexibility index (Phi) is 5.87. The maximum absolute atomic E-state index is 13.3. The minimum absolute atomic E-state index is 0.0220. The van der Waals surface area contributed by atoms with Crippen molar-refractivity contribution in [3.05, 3.63) is 11.6 Å². The van der Waals surface area contributed by atoms with Crippen molar-refractivity contribution in [3.8, 4) is 0 Å². The molecule has 0 aromatic rings. The fraction of sp³-hybridized carbons (Fsp3) is 0.808. The van der Waals surface area contributed by atoms with Crippen LogP contribution in [0.25, 0.3) is 0 Å². The Labute approximate surface area is 195 Å². The third kappa shape index (κ3) is 3.47. The Bertz CT molecular complexity index is 872. The molecule has 4 rings (SSSR count). The van der Waals surface area contributed by atoms with Gasteiger partial charge in [0, 0.05) is 17.3 Å². The Morgan fingerprint density at radius 2 is 1.84 bits per heavy atom. The highest BCUT2D eigenvalue weighted by molar-refractivity contribution is 8.14. The molecular weight excluding hydrogens is 424 g/mol. The first-order valence-electron chi connectivity index (χ1n) is 12.1. The summed E-state index contributed by atoms with van der Waals surface area (Å²) < 4.78 is 0. The molecule has 0 amide bonds. The minimum Gasteiger partial charge on any atom is -0.393 e. The summed E-state index contributed by atoms with van der Waals surface area (Å²) >= 11 is 1.00. The van der Waals surface area contributed by atoms with Crippen LogP contribution in [0.3, 0.4) is 0 Å². The predicted octanol–water partition coefficient (Wildman–Crippen LogP) is 4.10. The van der Waals surface area contributed by atoms with Crippen molar-refractivity contribution in [1.29, 1.82) is 0 Å². The first-order chi connectivity index (χ1) is 14.7. The molecule has 1 unspecified atom stereocenters. The molecule has 0 heterocycles. The second-order valence-electron chi connectivity index (χ2n) is 12.2. The van der Waals surface area contributed by atoms with E-state index in [1.54, 1.807) is 0 Å². The van der Waals surface area contributed by atoms with Gasteiger partial charge in [0.25, 0.3) is 0 Å². The van der Waals surface area contributed by atoms with Crippen LogP contribution in [-0.2, 0) is 14.4 Å². The molecule has 0 saturated heterocycles. The zero-order chi connectivity index (χ0) is 23.7. The number of aliphatic hydroxyl groups is 2. The van der Waals surface area contributed by atoms with Gasteiger partial charge in [0.1, 0.15) is 5.60 Å². The van der Waals surface area contributed by atoms with Crippen molar-refractivity contribution >= 4 is 28.4 Å². The van der Waals surface area contributed by atoms with Crippen LogP contribution in [0.15, 0.2) is 11.6 Å². The summed E-state index contributed by atoms with van der Waals surface area (Å²) in [6, 6.07) is 0. The van der Waals surface area contributed by atoms with Crippen molar-refractivity contribution in [2.75, 3.05) is 5.75 Å². The van der Waals surface area contributed by atoms with E-state index in [1.165, 1.54) is 5.57 Å². The number of hydrogen-bond acceptors (Lipinski definition) is 6. The molecule has 3 fully saturated rings. The lowest BCUT2D eigenvalue weighted by molar-refractivity contribution is -0.178. The molecule has 0 bridgehead atoms. The minimum atomic E-state index is -1.51. The SMILES string of the molecule is CC(C)(C)C(=O)SCC(=O)[C@@]1(O)CCC2[C@@H]3CCC4=CC(=O)CC[C@]4(C)[C@H]3[C@@H](O)C[C@@]21C. The van der Waals surface area contributed by atoms with Crippen LogP contribution in [0, 0.1) is 34.0 Å². The maximum atomic E-state index is 13.3. The fourth-order valence-electron chi connectivity index (χ4n) is 7.62. The lowest BCUT2D eigenvalue weighted by Gasteiger charge is -2.60. The van der Waals surface area contributed by atoms with Gasteiger partial charge in [-0.3, -0.25) is 14.4 Å². The molecule has 7 atom stereocenters. The number of rotatable bonds is 3. The molecule has 178 valence electrons. The van der Waals surface area contributed by atoms with Gasteiger partial charge in [0.15, 0.2) is 16.7 Å². The molecule has 0 spiro atoms. The monoisotopic (exact) mass is 462 g/mol. The standard InChI is InChI=1S/C26H38O5S/c1-23(2,3)22(30)32-14-20(29)26(31)11-9-18-17-7-6-15-12-16(27)8-10-24(15,4)21(17)19(28)13-25(18,26)5/h12,17-19,21,28,31H,6-11,13-14H2,1-5H3/t17-,18?,19-,21+,24-,25-,26-/m0/s1. The predicted molar refractivity (Wildman–Crippen MR) is 125 cm³/mol. The molecule has 0 radical (unpaired) electrons. The number of carbonyl (C=O) groups is 3. The van der Waals surface area contributed by atoms with Crippen LogP contribution >= 0.6 is 11.8 Å². The van der Waals surface area contributed by atoms with Gasteiger partial charge in [0.2, 0.25) is 0 Å². The Morgan fingerprint density at radius 3 is 2.50 bits per heavy atom. The molecule has 0 aromatic carbocycles. The van der Waals surface area contributed by atoms with E-state index in [-0.39, 0.29) is 45.6 Å². The summed E-state index contributed by atoms with van der Waals surface area (Å²) in [6.45, 7) is 9.68. The van der Waals surface area contributed by atoms with E-state index in [9.17, 15) is 24.6 Å². The van der Waals surface area contributed by atoms with Gasteiger partial charge in [0.05, 0.1) is 11.9 Å². The number of carbonyl (C=O) groups excluding carboxylic acids is 3. The Balaban J connectivity index is 1.59. The molecule has 4 aliphatic carbocycles. The van der Waals surface area contributed by atoms with Crippen molar-refractivity contribution < 1.29 is 24.6 Å². The second-order valence-corrected chi connectivity index (χ2v) is 13.2. The molecule has 3 saturated carbocycles. The summed E-state index contributed by atoms with van der Waals surface area (Å²) in [5, 5.41) is 23.1. The third-order valence-electron chi connectivity index (χ3n) is 9.46. The molecule has 0 aliphatic heterocycles. The number of Topliss-reactive ketones (excluding diaryl/α,β-unsaturated/α-hetero) is 1. The second kappa shape index (κ2) is 7.78. The van der Waals surface area contributed by atoms with Gasteiger partial charge in [-0.1, -0.05) is 52.0 Å². The fourth-order valence-corrected chi connectivity index (χ4v) is 8.55. The van der Waals surface area contributed by atoms with Crippen LogP contribution in [0.4, 0.5) is 0 Å². The first-order valence-corrected chi connectivity index (χ1v) is 13.1. The lowest BCUT2D eigenvalue weighted by Crippen LogP contribution is -2.62. The smallest absolute Gasteiger partial charge is 0.194 e. The number of allylic oxidation sites excluding steroid dienone is 1. The van der Waals surface area contributed by atoms with Gasteiger partial charge < -0.3 is 10.2 Å². The number of ketones is 2. The summed E-state index contributed by atoms with van der Waals surface area (Å²) in [5.41, 5.74) is -1.74. The molecular formula is C26H38O5S.